The Morgan fingerprint density at radius 1 is 1.08 bits per heavy atom. The number of unbranched alkanes of at least 4 members (excludes halogenated alkanes) is 1. The highest BCUT2D eigenvalue weighted by Crippen LogP contribution is 2.31. The van der Waals surface area contributed by atoms with Gasteiger partial charge in [0, 0.05) is 12.0 Å². The summed E-state index contributed by atoms with van der Waals surface area (Å²) in [6.45, 7) is 4.40. The Morgan fingerprint density at radius 2 is 1.86 bits per heavy atom. The van der Waals surface area contributed by atoms with Gasteiger partial charge in [0.05, 0.1) is 29.6 Å². The first kappa shape index (κ1) is 25.5. The number of fused-ring (bicyclic) bond motifs is 1. The number of methoxy groups -OCH3 is 1. The maximum Gasteiger partial charge on any atom is 0.351 e. The minimum Gasteiger partial charge on any atom is -0.472 e. The Hall–Kier alpha value is -3.64. The third-order valence-electron chi connectivity index (χ3n) is 6.04. The van der Waals surface area contributed by atoms with Crippen molar-refractivity contribution in [3.63, 3.8) is 0 Å². The average molecular weight is 505 g/mol. The second-order valence-corrected chi connectivity index (χ2v) is 9.15. The fourth-order valence-corrected chi connectivity index (χ4v) is 4.35. The van der Waals surface area contributed by atoms with Gasteiger partial charge in [0.25, 0.3) is 5.56 Å². The fraction of sp³-hybridized carbons (Fsp3) is 0.276. The summed E-state index contributed by atoms with van der Waals surface area (Å²) in [6.07, 6.45) is 1.70. The molecule has 0 saturated carbocycles. The highest BCUT2D eigenvalue weighted by molar-refractivity contribution is 6.32. The van der Waals surface area contributed by atoms with Gasteiger partial charge in [-0.15, -0.1) is 0 Å². The summed E-state index contributed by atoms with van der Waals surface area (Å²) in [5.41, 5.74) is 3.15. The van der Waals surface area contributed by atoms with E-state index in [4.69, 9.17) is 26.1 Å². The Kier molecular flexibility index (Phi) is 8.06. The van der Waals surface area contributed by atoms with E-state index in [0.29, 0.717) is 40.2 Å². The number of hydrogen-bond acceptors (Lipinski definition) is 5. The third kappa shape index (κ3) is 5.60. The summed E-state index contributed by atoms with van der Waals surface area (Å²) in [4.78, 5) is 30.6. The number of esters is 1. The SMILES string of the molecule is CCCCc1nc2ccc(C)cc2c(=O)n1Cc1ccc(OC(C(=O)OC)c2ccccc2)c(Cl)c1. The summed E-state index contributed by atoms with van der Waals surface area (Å²) in [5.74, 6) is 0.584. The molecule has 1 atom stereocenters. The number of nitrogens with zero attached hydrogens (tertiary/aromatic N) is 2. The lowest BCUT2D eigenvalue weighted by molar-refractivity contribution is -0.149. The van der Waals surface area contributed by atoms with Crippen LogP contribution in [0.25, 0.3) is 10.9 Å². The summed E-state index contributed by atoms with van der Waals surface area (Å²) in [6, 6.07) is 20.2. The molecule has 4 aromatic rings. The molecule has 0 fully saturated rings. The van der Waals surface area contributed by atoms with E-state index in [0.717, 1.165) is 29.8 Å². The number of aromatic nitrogens is 2. The van der Waals surface area contributed by atoms with Crippen LogP contribution in [-0.4, -0.2) is 22.6 Å². The highest BCUT2D eigenvalue weighted by Gasteiger charge is 2.24. The molecule has 0 bridgehead atoms. The van der Waals surface area contributed by atoms with Crippen molar-refractivity contribution in [2.75, 3.05) is 7.11 Å². The lowest BCUT2D eigenvalue weighted by Gasteiger charge is -2.19. The largest absolute Gasteiger partial charge is 0.472 e. The van der Waals surface area contributed by atoms with E-state index < -0.39 is 12.1 Å². The van der Waals surface area contributed by atoms with E-state index in [1.54, 1.807) is 28.8 Å². The molecule has 3 aromatic carbocycles. The molecule has 6 nitrogen and oxygen atoms in total. The molecular weight excluding hydrogens is 476 g/mol. The van der Waals surface area contributed by atoms with Crippen molar-refractivity contribution in [2.45, 2.75) is 45.8 Å². The average Bonchev–Trinajstić information content (AvgIpc) is 2.89. The van der Waals surface area contributed by atoms with Gasteiger partial charge in [0.15, 0.2) is 0 Å². The first-order chi connectivity index (χ1) is 17.4. The van der Waals surface area contributed by atoms with Gasteiger partial charge >= 0.3 is 5.97 Å². The van der Waals surface area contributed by atoms with Gasteiger partial charge in [0.2, 0.25) is 6.10 Å². The van der Waals surface area contributed by atoms with Crippen LogP contribution in [0.2, 0.25) is 5.02 Å². The number of carbonyl (C=O) groups is 1. The lowest BCUT2D eigenvalue weighted by Crippen LogP contribution is -2.26. The van der Waals surface area contributed by atoms with E-state index in [9.17, 15) is 9.59 Å². The standard InChI is InChI=1S/C29H29ClN2O4/c1-4-5-11-26-31-24-14-12-19(2)16-22(24)28(33)32(26)18-20-13-15-25(23(30)17-20)36-27(29(34)35-3)21-9-7-6-8-10-21/h6-10,12-17,27H,4-5,11,18H2,1-3H3. The zero-order chi connectivity index (χ0) is 25.7. The van der Waals surface area contributed by atoms with E-state index in [-0.39, 0.29) is 5.56 Å². The van der Waals surface area contributed by atoms with Gasteiger partial charge in [-0.25, -0.2) is 9.78 Å². The molecule has 186 valence electrons. The second kappa shape index (κ2) is 11.4. The molecular formula is C29H29ClN2O4. The topological polar surface area (TPSA) is 70.4 Å². The Balaban J connectivity index is 1.66. The van der Waals surface area contributed by atoms with Crippen LogP contribution in [0.1, 0.15) is 48.4 Å². The minimum absolute atomic E-state index is 0.0684. The molecule has 0 aliphatic rings. The van der Waals surface area contributed by atoms with Crippen LogP contribution in [0.3, 0.4) is 0 Å². The third-order valence-corrected chi connectivity index (χ3v) is 6.34. The smallest absolute Gasteiger partial charge is 0.351 e. The first-order valence-electron chi connectivity index (χ1n) is 12.0. The summed E-state index contributed by atoms with van der Waals surface area (Å²) < 4.78 is 12.6. The van der Waals surface area contributed by atoms with Gasteiger partial charge in [-0.05, 0) is 43.2 Å². The molecule has 0 amide bonds. The molecule has 0 radical (unpaired) electrons. The Morgan fingerprint density at radius 3 is 2.56 bits per heavy atom. The van der Waals surface area contributed by atoms with Crippen molar-refractivity contribution >= 4 is 28.5 Å². The van der Waals surface area contributed by atoms with E-state index >= 15 is 0 Å². The van der Waals surface area contributed by atoms with Crippen LogP contribution in [0, 0.1) is 6.92 Å². The van der Waals surface area contributed by atoms with Crippen LogP contribution in [0.4, 0.5) is 0 Å². The summed E-state index contributed by atoms with van der Waals surface area (Å²) in [5, 5.41) is 0.940. The van der Waals surface area contributed by atoms with Crippen molar-refractivity contribution in [2.24, 2.45) is 0 Å². The zero-order valence-electron chi connectivity index (χ0n) is 20.7. The molecule has 1 heterocycles. The number of benzene rings is 3. The molecule has 7 heteroatoms. The number of rotatable bonds is 9. The molecule has 1 aromatic heterocycles. The van der Waals surface area contributed by atoms with Crippen LogP contribution >= 0.6 is 11.6 Å². The molecule has 0 spiro atoms. The number of halogens is 1. The maximum atomic E-state index is 13.4. The number of aryl methyl sites for hydroxylation is 2. The molecule has 1 unspecified atom stereocenters. The van der Waals surface area contributed by atoms with E-state index in [2.05, 4.69) is 6.92 Å². The normalized spacial score (nSPS) is 11.9. The Labute approximate surface area is 215 Å². The van der Waals surface area contributed by atoms with Crippen LogP contribution < -0.4 is 10.3 Å². The van der Waals surface area contributed by atoms with Crippen molar-refractivity contribution in [1.29, 1.82) is 0 Å². The monoisotopic (exact) mass is 504 g/mol. The van der Waals surface area contributed by atoms with E-state index in [1.165, 1.54) is 7.11 Å². The van der Waals surface area contributed by atoms with Crippen molar-refractivity contribution in [1.82, 2.24) is 9.55 Å². The van der Waals surface area contributed by atoms with Crippen molar-refractivity contribution in [3.8, 4) is 5.75 Å². The zero-order valence-corrected chi connectivity index (χ0v) is 21.4. The van der Waals surface area contributed by atoms with Crippen LogP contribution in [-0.2, 0) is 22.5 Å². The van der Waals surface area contributed by atoms with Gasteiger partial charge in [-0.2, -0.15) is 0 Å². The molecule has 0 N–H and O–H groups in total. The fourth-order valence-electron chi connectivity index (χ4n) is 4.10. The quantitative estimate of drug-likeness (QED) is 0.260. The van der Waals surface area contributed by atoms with Crippen molar-refractivity contribution < 1.29 is 14.3 Å². The number of ether oxygens (including phenoxy) is 2. The lowest BCUT2D eigenvalue weighted by atomic mass is 10.1. The first-order valence-corrected chi connectivity index (χ1v) is 12.4. The van der Waals surface area contributed by atoms with Gasteiger partial charge in [-0.1, -0.05) is 73.0 Å². The summed E-state index contributed by atoms with van der Waals surface area (Å²) >= 11 is 6.57. The second-order valence-electron chi connectivity index (χ2n) is 8.74. The van der Waals surface area contributed by atoms with E-state index in [1.807, 2.05) is 49.4 Å². The highest BCUT2D eigenvalue weighted by atomic mass is 35.5. The van der Waals surface area contributed by atoms with Crippen LogP contribution in [0.15, 0.2) is 71.5 Å². The van der Waals surface area contributed by atoms with Gasteiger partial charge in [0.1, 0.15) is 11.6 Å². The number of carbonyl (C=O) groups excluding carboxylic acids is 1. The molecule has 0 aliphatic heterocycles. The molecule has 0 saturated heterocycles. The van der Waals surface area contributed by atoms with Gasteiger partial charge in [-0.3, -0.25) is 9.36 Å². The molecule has 4 rings (SSSR count). The Bertz CT molecular complexity index is 1430. The van der Waals surface area contributed by atoms with Crippen molar-refractivity contribution in [3.05, 3.63) is 105 Å². The molecule has 0 aliphatic carbocycles. The summed E-state index contributed by atoms with van der Waals surface area (Å²) in [7, 11) is 1.32. The predicted molar refractivity (Wildman–Crippen MR) is 142 cm³/mol. The number of hydrogen-bond donors (Lipinski definition) is 0. The minimum atomic E-state index is -0.948. The van der Waals surface area contributed by atoms with Crippen LogP contribution in [0.5, 0.6) is 5.75 Å². The predicted octanol–water partition coefficient (Wildman–Crippen LogP) is 6.04. The maximum absolute atomic E-state index is 13.4. The molecule has 36 heavy (non-hydrogen) atoms. The van der Waals surface area contributed by atoms with Gasteiger partial charge < -0.3 is 9.47 Å².